The maximum atomic E-state index is 11.0. The van der Waals surface area contributed by atoms with Crippen molar-refractivity contribution in [1.82, 2.24) is 10.3 Å². The van der Waals surface area contributed by atoms with E-state index in [0.717, 1.165) is 30.9 Å². The second kappa shape index (κ2) is 4.82. The zero-order valence-electron chi connectivity index (χ0n) is 9.67. The van der Waals surface area contributed by atoms with Gasteiger partial charge in [-0.3, -0.25) is 4.79 Å². The van der Waals surface area contributed by atoms with Crippen molar-refractivity contribution in [2.24, 2.45) is 0 Å². The topological polar surface area (TPSA) is 54.0 Å². The van der Waals surface area contributed by atoms with Gasteiger partial charge < -0.3 is 10.6 Å². The lowest BCUT2D eigenvalue weighted by Gasteiger charge is -2.21. The monoisotopic (exact) mass is 239 g/mol. The molecule has 16 heavy (non-hydrogen) atoms. The van der Waals surface area contributed by atoms with Crippen LogP contribution in [0.2, 0.25) is 0 Å². The first kappa shape index (κ1) is 11.4. The van der Waals surface area contributed by atoms with Gasteiger partial charge in [-0.1, -0.05) is 0 Å². The van der Waals surface area contributed by atoms with E-state index in [1.54, 1.807) is 18.3 Å². The average Bonchev–Trinajstić information content (AvgIpc) is 2.59. The van der Waals surface area contributed by atoms with Crippen LogP contribution in [-0.4, -0.2) is 23.5 Å². The lowest BCUT2D eigenvalue weighted by molar-refractivity contribution is -0.119. The second-order valence-electron chi connectivity index (χ2n) is 4.06. The number of hydrogen-bond acceptors (Lipinski definition) is 4. The molecule has 0 saturated heterocycles. The van der Waals surface area contributed by atoms with Crippen molar-refractivity contribution in [3.05, 3.63) is 10.6 Å². The molecule has 1 atom stereocenters. The second-order valence-corrected chi connectivity index (χ2v) is 5.14. The lowest BCUT2D eigenvalue weighted by atomic mass is 9.98. The molecule has 1 amide bonds. The van der Waals surface area contributed by atoms with Crippen LogP contribution in [0.1, 0.15) is 30.8 Å². The smallest absolute Gasteiger partial charge is 0.217 e. The molecule has 1 aliphatic carbocycles. The predicted molar refractivity (Wildman–Crippen MR) is 65.9 cm³/mol. The summed E-state index contributed by atoms with van der Waals surface area (Å²) in [7, 11) is 0. The Bertz CT molecular complexity index is 389. The number of carbonyl (C=O) groups is 1. The Balaban J connectivity index is 2.05. The van der Waals surface area contributed by atoms with Crippen molar-refractivity contribution in [3.63, 3.8) is 0 Å². The van der Waals surface area contributed by atoms with E-state index >= 15 is 0 Å². The number of fused-ring (bicyclic) bond motifs is 1. The van der Waals surface area contributed by atoms with Crippen LogP contribution in [0.3, 0.4) is 0 Å². The molecule has 0 aromatic carbocycles. The first-order chi connectivity index (χ1) is 7.69. The molecule has 1 aliphatic rings. The highest BCUT2D eigenvalue weighted by Crippen LogP contribution is 2.29. The van der Waals surface area contributed by atoms with E-state index in [2.05, 4.69) is 22.5 Å². The van der Waals surface area contributed by atoms with Crippen molar-refractivity contribution in [3.8, 4) is 0 Å². The Morgan fingerprint density at radius 1 is 1.62 bits per heavy atom. The number of thiazole rings is 1. The van der Waals surface area contributed by atoms with Gasteiger partial charge in [0.25, 0.3) is 0 Å². The highest BCUT2D eigenvalue weighted by Gasteiger charge is 2.22. The third-order valence-electron chi connectivity index (χ3n) is 2.68. The third kappa shape index (κ3) is 2.52. The van der Waals surface area contributed by atoms with Crippen molar-refractivity contribution in [2.45, 2.75) is 39.2 Å². The van der Waals surface area contributed by atoms with Crippen molar-refractivity contribution >= 4 is 22.4 Å². The van der Waals surface area contributed by atoms with Gasteiger partial charge in [-0.05, 0) is 19.8 Å². The molecule has 5 heteroatoms. The van der Waals surface area contributed by atoms with E-state index in [-0.39, 0.29) is 5.91 Å². The Kier molecular flexibility index (Phi) is 3.43. The van der Waals surface area contributed by atoms with Gasteiger partial charge in [0.05, 0.1) is 5.69 Å². The van der Waals surface area contributed by atoms with Gasteiger partial charge in [0.1, 0.15) is 0 Å². The Hall–Kier alpha value is -1.10. The molecule has 88 valence electrons. The fraction of sp³-hybridized carbons (Fsp3) is 0.636. The van der Waals surface area contributed by atoms with Crippen LogP contribution in [0.5, 0.6) is 0 Å². The van der Waals surface area contributed by atoms with Crippen molar-refractivity contribution < 1.29 is 4.79 Å². The molecule has 1 aromatic rings. The van der Waals surface area contributed by atoms with Crippen LogP contribution in [0, 0.1) is 0 Å². The summed E-state index contributed by atoms with van der Waals surface area (Å²) in [4.78, 5) is 16.9. The van der Waals surface area contributed by atoms with E-state index in [9.17, 15) is 4.79 Å². The van der Waals surface area contributed by atoms with Gasteiger partial charge in [-0.2, -0.15) is 0 Å². The number of anilines is 1. The van der Waals surface area contributed by atoms with Gasteiger partial charge in [0.2, 0.25) is 5.91 Å². The van der Waals surface area contributed by atoms with Crippen LogP contribution < -0.4 is 10.6 Å². The maximum absolute atomic E-state index is 11.0. The lowest BCUT2D eigenvalue weighted by Crippen LogP contribution is -2.37. The average molecular weight is 239 g/mol. The number of rotatable bonds is 3. The molecule has 0 saturated carbocycles. The van der Waals surface area contributed by atoms with Gasteiger partial charge in [-0.25, -0.2) is 4.98 Å². The molecule has 1 aromatic heterocycles. The van der Waals surface area contributed by atoms with Crippen LogP contribution in [0.4, 0.5) is 5.13 Å². The Labute approximate surface area is 99.5 Å². The summed E-state index contributed by atoms with van der Waals surface area (Å²) in [5.74, 6) is 0.0601. The Morgan fingerprint density at radius 3 is 3.12 bits per heavy atom. The van der Waals surface area contributed by atoms with Gasteiger partial charge in [0, 0.05) is 30.8 Å². The number of amides is 1. The van der Waals surface area contributed by atoms with Crippen LogP contribution in [0.25, 0.3) is 0 Å². The minimum Gasteiger partial charge on any atom is -0.362 e. The van der Waals surface area contributed by atoms with Crippen LogP contribution in [0.15, 0.2) is 0 Å². The summed E-state index contributed by atoms with van der Waals surface area (Å²) in [5, 5.41) is 7.23. The van der Waals surface area contributed by atoms with E-state index in [1.165, 1.54) is 10.6 Å². The summed E-state index contributed by atoms with van der Waals surface area (Å²) in [6.45, 7) is 4.55. The third-order valence-corrected chi connectivity index (χ3v) is 3.75. The predicted octanol–water partition coefficient (Wildman–Crippen LogP) is 1.57. The number of carbonyl (C=O) groups excluding carboxylic acids is 1. The number of nitrogens with one attached hydrogen (secondary N) is 2. The fourth-order valence-electron chi connectivity index (χ4n) is 2.01. The molecule has 0 radical (unpaired) electrons. The highest BCUT2D eigenvalue weighted by atomic mass is 32.1. The number of nitrogens with zero attached hydrogens (tertiary/aromatic N) is 1. The van der Waals surface area contributed by atoms with Crippen LogP contribution in [-0.2, 0) is 17.6 Å². The van der Waals surface area contributed by atoms with E-state index in [4.69, 9.17) is 0 Å². The zero-order chi connectivity index (χ0) is 11.5. The number of aromatic nitrogens is 1. The molecule has 4 nitrogen and oxygen atoms in total. The number of hydrogen-bond donors (Lipinski definition) is 2. The molecule has 1 unspecified atom stereocenters. The molecule has 0 fully saturated rings. The van der Waals surface area contributed by atoms with Gasteiger partial charge >= 0.3 is 0 Å². The normalized spacial score (nSPS) is 19.0. The summed E-state index contributed by atoms with van der Waals surface area (Å²) >= 11 is 1.72. The maximum Gasteiger partial charge on any atom is 0.217 e. The molecule has 0 spiro atoms. The quantitative estimate of drug-likeness (QED) is 0.842. The largest absolute Gasteiger partial charge is 0.362 e. The summed E-state index contributed by atoms with van der Waals surface area (Å²) in [6.07, 6.45) is 2.90. The SMILES string of the molecule is CCNc1nc2c(s1)CC(NC(C)=O)CC2. The molecule has 0 aliphatic heterocycles. The van der Waals surface area contributed by atoms with E-state index in [1.807, 2.05) is 0 Å². The van der Waals surface area contributed by atoms with Crippen molar-refractivity contribution in [1.29, 1.82) is 0 Å². The van der Waals surface area contributed by atoms with E-state index < -0.39 is 0 Å². The first-order valence-corrected chi connectivity index (χ1v) is 6.50. The zero-order valence-corrected chi connectivity index (χ0v) is 10.5. The summed E-state index contributed by atoms with van der Waals surface area (Å²) in [6, 6.07) is 0.292. The Morgan fingerprint density at radius 2 is 2.44 bits per heavy atom. The van der Waals surface area contributed by atoms with Gasteiger partial charge in [-0.15, -0.1) is 11.3 Å². The highest BCUT2D eigenvalue weighted by molar-refractivity contribution is 7.15. The van der Waals surface area contributed by atoms with E-state index in [0.29, 0.717) is 6.04 Å². The molecule has 2 N–H and O–H groups in total. The fourth-order valence-corrected chi connectivity index (χ4v) is 3.17. The van der Waals surface area contributed by atoms with Crippen LogP contribution >= 0.6 is 11.3 Å². The molecule has 0 bridgehead atoms. The molecular formula is C11H17N3OS. The summed E-state index contributed by atoms with van der Waals surface area (Å²) < 4.78 is 0. The van der Waals surface area contributed by atoms with Crippen molar-refractivity contribution in [2.75, 3.05) is 11.9 Å². The van der Waals surface area contributed by atoms with Gasteiger partial charge in [0.15, 0.2) is 5.13 Å². The molecule has 2 rings (SSSR count). The minimum atomic E-state index is 0.0601. The standard InChI is InChI=1S/C11H17N3OS/c1-3-12-11-14-9-5-4-8(13-7(2)15)6-10(9)16-11/h8H,3-6H2,1-2H3,(H,12,14)(H,13,15). The minimum absolute atomic E-state index is 0.0601. The first-order valence-electron chi connectivity index (χ1n) is 5.68. The summed E-state index contributed by atoms with van der Waals surface area (Å²) in [5.41, 5.74) is 1.21. The number of aryl methyl sites for hydroxylation is 1. The molecular weight excluding hydrogens is 222 g/mol. The molecule has 1 heterocycles.